The fourth-order valence-electron chi connectivity index (χ4n) is 2.09. The second kappa shape index (κ2) is 6.83. The normalized spacial score (nSPS) is 11.8. The van der Waals surface area contributed by atoms with Crippen LogP contribution in [0, 0.1) is 0 Å². The number of hydrogen-bond donors (Lipinski definition) is 1. The van der Waals surface area contributed by atoms with Gasteiger partial charge in [-0.1, -0.05) is 24.3 Å². The highest BCUT2D eigenvalue weighted by Gasteiger charge is 2.14. The zero-order valence-electron chi connectivity index (χ0n) is 12.3. The summed E-state index contributed by atoms with van der Waals surface area (Å²) in [6.45, 7) is 0.206. The van der Waals surface area contributed by atoms with Gasteiger partial charge in [0.15, 0.2) is 18.1 Å². The molecule has 2 aromatic rings. The quantitative estimate of drug-likeness (QED) is 0.853. The van der Waals surface area contributed by atoms with Crippen LogP contribution in [0.2, 0.25) is 0 Å². The average molecular weight is 313 g/mol. The molecule has 2 aromatic carbocycles. The molecule has 118 valence electrons. The Kier molecular flexibility index (Phi) is 4.42. The number of fused-ring (bicyclic) bond motifs is 1. The van der Waals surface area contributed by atoms with E-state index in [-0.39, 0.29) is 19.3 Å². The molecular weight excluding hydrogens is 298 g/mol. The van der Waals surface area contributed by atoms with Crippen LogP contribution in [0.5, 0.6) is 11.5 Å². The highest BCUT2D eigenvalue weighted by atomic mass is 16.7. The Morgan fingerprint density at radius 1 is 1.04 bits per heavy atom. The number of ether oxygens (including phenoxy) is 3. The Hall–Kier alpha value is -3.02. The van der Waals surface area contributed by atoms with Crippen molar-refractivity contribution in [3.8, 4) is 11.5 Å². The summed E-state index contributed by atoms with van der Waals surface area (Å²) in [6.07, 6.45) is 0. The lowest BCUT2D eigenvalue weighted by molar-refractivity contribution is -0.124. The maximum absolute atomic E-state index is 11.7. The van der Waals surface area contributed by atoms with Crippen molar-refractivity contribution in [2.75, 3.05) is 13.4 Å². The van der Waals surface area contributed by atoms with Crippen LogP contribution in [0.4, 0.5) is 0 Å². The minimum absolute atomic E-state index is 0.209. The van der Waals surface area contributed by atoms with E-state index in [9.17, 15) is 9.59 Å². The molecule has 1 amide bonds. The molecule has 0 aliphatic carbocycles. The molecule has 0 aromatic heterocycles. The molecule has 1 aliphatic heterocycles. The molecule has 0 spiro atoms. The second-order valence-electron chi connectivity index (χ2n) is 4.91. The van der Waals surface area contributed by atoms with Crippen LogP contribution in [-0.2, 0) is 16.1 Å². The monoisotopic (exact) mass is 313 g/mol. The highest BCUT2D eigenvalue weighted by molar-refractivity contribution is 5.91. The molecule has 0 saturated heterocycles. The Morgan fingerprint density at radius 3 is 2.65 bits per heavy atom. The minimum Gasteiger partial charge on any atom is -0.454 e. The van der Waals surface area contributed by atoms with E-state index in [0.717, 1.165) is 5.56 Å². The summed E-state index contributed by atoms with van der Waals surface area (Å²) in [5.74, 6) is 0.458. The highest BCUT2D eigenvalue weighted by Crippen LogP contribution is 2.32. The van der Waals surface area contributed by atoms with Crippen molar-refractivity contribution in [1.82, 2.24) is 5.32 Å². The molecule has 0 fully saturated rings. The molecule has 0 bridgehead atoms. The Morgan fingerprint density at radius 2 is 1.83 bits per heavy atom. The lowest BCUT2D eigenvalue weighted by atomic mass is 10.2. The number of carbonyl (C=O) groups is 2. The zero-order valence-corrected chi connectivity index (χ0v) is 12.3. The summed E-state index contributed by atoms with van der Waals surface area (Å²) in [4.78, 5) is 23.5. The van der Waals surface area contributed by atoms with Crippen molar-refractivity contribution in [2.24, 2.45) is 0 Å². The fourth-order valence-corrected chi connectivity index (χ4v) is 2.09. The molecule has 6 heteroatoms. The van der Waals surface area contributed by atoms with Crippen LogP contribution >= 0.6 is 0 Å². The molecule has 0 saturated carbocycles. The number of rotatable bonds is 5. The molecule has 1 aliphatic rings. The lowest BCUT2D eigenvalue weighted by Crippen LogP contribution is -2.28. The smallest absolute Gasteiger partial charge is 0.338 e. The van der Waals surface area contributed by atoms with Gasteiger partial charge in [0, 0.05) is 6.54 Å². The Labute approximate surface area is 133 Å². The third-order valence-electron chi connectivity index (χ3n) is 3.27. The third-order valence-corrected chi connectivity index (χ3v) is 3.27. The van der Waals surface area contributed by atoms with Gasteiger partial charge in [-0.25, -0.2) is 4.79 Å². The largest absolute Gasteiger partial charge is 0.454 e. The first-order valence-corrected chi connectivity index (χ1v) is 7.10. The number of carbonyl (C=O) groups excluding carboxylic acids is 2. The van der Waals surface area contributed by atoms with E-state index in [2.05, 4.69) is 5.32 Å². The summed E-state index contributed by atoms with van der Waals surface area (Å²) in [6, 6.07) is 14.0. The molecular formula is C17H15NO5. The van der Waals surface area contributed by atoms with Gasteiger partial charge in [0.05, 0.1) is 5.56 Å². The van der Waals surface area contributed by atoms with Gasteiger partial charge in [0.2, 0.25) is 6.79 Å². The lowest BCUT2D eigenvalue weighted by Gasteiger charge is -2.07. The minimum atomic E-state index is -0.524. The van der Waals surface area contributed by atoms with E-state index in [4.69, 9.17) is 14.2 Å². The van der Waals surface area contributed by atoms with Gasteiger partial charge < -0.3 is 19.5 Å². The van der Waals surface area contributed by atoms with E-state index in [1.165, 1.54) is 0 Å². The predicted molar refractivity (Wildman–Crippen MR) is 81.1 cm³/mol. The summed E-state index contributed by atoms with van der Waals surface area (Å²) >= 11 is 0. The van der Waals surface area contributed by atoms with Gasteiger partial charge in [0.25, 0.3) is 5.91 Å². The third kappa shape index (κ3) is 3.79. The number of benzene rings is 2. The molecule has 0 radical (unpaired) electrons. The first-order chi connectivity index (χ1) is 11.2. The summed E-state index contributed by atoms with van der Waals surface area (Å²) in [7, 11) is 0. The van der Waals surface area contributed by atoms with Gasteiger partial charge in [-0.15, -0.1) is 0 Å². The van der Waals surface area contributed by atoms with Crippen molar-refractivity contribution in [1.29, 1.82) is 0 Å². The van der Waals surface area contributed by atoms with Gasteiger partial charge in [0.1, 0.15) is 0 Å². The number of nitrogens with one attached hydrogen (secondary N) is 1. The van der Waals surface area contributed by atoms with Gasteiger partial charge in [-0.2, -0.15) is 0 Å². The maximum atomic E-state index is 11.7. The van der Waals surface area contributed by atoms with E-state index in [0.29, 0.717) is 23.6 Å². The van der Waals surface area contributed by atoms with Crippen molar-refractivity contribution >= 4 is 11.9 Å². The SMILES string of the molecule is O=C(COC(=O)c1ccccc1)NCc1ccc2c(c1)OCO2. The van der Waals surface area contributed by atoms with Crippen molar-refractivity contribution in [3.05, 3.63) is 59.7 Å². The van der Waals surface area contributed by atoms with E-state index in [1.54, 1.807) is 42.5 Å². The number of esters is 1. The first kappa shape index (κ1) is 14.9. The topological polar surface area (TPSA) is 73.9 Å². The maximum Gasteiger partial charge on any atom is 0.338 e. The van der Waals surface area contributed by atoms with Gasteiger partial charge >= 0.3 is 5.97 Å². The molecule has 1 heterocycles. The molecule has 0 unspecified atom stereocenters. The summed E-state index contributed by atoms with van der Waals surface area (Å²) < 4.78 is 15.4. The van der Waals surface area contributed by atoms with Crippen LogP contribution < -0.4 is 14.8 Å². The van der Waals surface area contributed by atoms with Crippen molar-refractivity contribution in [3.63, 3.8) is 0 Å². The van der Waals surface area contributed by atoms with Gasteiger partial charge in [-0.3, -0.25) is 4.79 Å². The average Bonchev–Trinajstić information content (AvgIpc) is 3.06. The molecule has 6 nitrogen and oxygen atoms in total. The van der Waals surface area contributed by atoms with Crippen LogP contribution in [-0.4, -0.2) is 25.3 Å². The van der Waals surface area contributed by atoms with Crippen molar-refractivity contribution < 1.29 is 23.8 Å². The molecule has 1 N–H and O–H groups in total. The van der Waals surface area contributed by atoms with E-state index < -0.39 is 5.97 Å². The van der Waals surface area contributed by atoms with Crippen LogP contribution in [0.1, 0.15) is 15.9 Å². The summed E-state index contributed by atoms with van der Waals surface area (Å²) in [5.41, 5.74) is 1.29. The van der Waals surface area contributed by atoms with E-state index >= 15 is 0 Å². The summed E-state index contributed by atoms with van der Waals surface area (Å²) in [5, 5.41) is 2.68. The number of amides is 1. The van der Waals surface area contributed by atoms with E-state index in [1.807, 2.05) is 6.07 Å². The zero-order chi connectivity index (χ0) is 16.1. The Bertz CT molecular complexity index is 714. The predicted octanol–water partition coefficient (Wildman–Crippen LogP) is 1.89. The number of hydrogen-bond acceptors (Lipinski definition) is 5. The van der Waals surface area contributed by atoms with Crippen molar-refractivity contribution in [2.45, 2.75) is 6.54 Å². The Balaban J connectivity index is 1.46. The van der Waals surface area contributed by atoms with Crippen LogP contribution in [0.3, 0.4) is 0 Å². The first-order valence-electron chi connectivity index (χ1n) is 7.10. The fraction of sp³-hybridized carbons (Fsp3) is 0.176. The van der Waals surface area contributed by atoms with Gasteiger partial charge in [-0.05, 0) is 29.8 Å². The van der Waals surface area contributed by atoms with Crippen LogP contribution in [0.15, 0.2) is 48.5 Å². The van der Waals surface area contributed by atoms with Crippen LogP contribution in [0.25, 0.3) is 0 Å². The standard InChI is InChI=1S/C17H15NO5/c19-16(10-21-17(20)13-4-2-1-3-5-13)18-9-12-6-7-14-15(8-12)23-11-22-14/h1-8H,9-11H2,(H,18,19). The second-order valence-corrected chi connectivity index (χ2v) is 4.91. The molecule has 23 heavy (non-hydrogen) atoms. The molecule has 3 rings (SSSR count). The molecule has 0 atom stereocenters.